The Kier molecular flexibility index (Phi) is 4.01. The molecule has 3 rings (SSSR count). The topological polar surface area (TPSA) is 72.2 Å². The Hall–Kier alpha value is -2.83. The van der Waals surface area contributed by atoms with E-state index < -0.39 is 35.2 Å². The van der Waals surface area contributed by atoms with Crippen LogP contribution in [0.15, 0.2) is 36.4 Å². The van der Waals surface area contributed by atoms with Crippen LogP contribution in [0.4, 0.5) is 18.9 Å². The first kappa shape index (κ1) is 16.0. The zero-order valence-corrected chi connectivity index (χ0v) is 12.4. The van der Waals surface area contributed by atoms with Crippen molar-refractivity contribution < 1.29 is 22.8 Å². The Morgan fingerprint density at radius 3 is 2.42 bits per heavy atom. The van der Waals surface area contributed by atoms with Crippen LogP contribution in [0.2, 0.25) is 0 Å². The molecule has 2 aromatic rings. The van der Waals surface area contributed by atoms with Crippen molar-refractivity contribution in [1.29, 1.82) is 0 Å². The van der Waals surface area contributed by atoms with E-state index in [4.69, 9.17) is 5.73 Å². The summed E-state index contributed by atoms with van der Waals surface area (Å²) in [5.74, 6) is -4.30. The van der Waals surface area contributed by atoms with Crippen LogP contribution in [0, 0.1) is 23.4 Å². The maximum absolute atomic E-state index is 13.7. The predicted molar refractivity (Wildman–Crippen MR) is 80.8 cm³/mol. The largest absolute Gasteiger partial charge is 0.366 e. The van der Waals surface area contributed by atoms with Crippen LogP contribution in [0.25, 0.3) is 0 Å². The molecule has 0 saturated heterocycles. The second kappa shape index (κ2) is 5.99. The molecule has 124 valence electrons. The molecule has 1 aliphatic rings. The van der Waals surface area contributed by atoms with Crippen molar-refractivity contribution in [2.75, 3.05) is 5.32 Å². The Bertz CT molecular complexity index is 839. The summed E-state index contributed by atoms with van der Waals surface area (Å²) in [6.07, 6.45) is 0.427. The molecule has 0 spiro atoms. The van der Waals surface area contributed by atoms with Crippen molar-refractivity contribution in [3.8, 4) is 0 Å². The Labute approximate surface area is 135 Å². The summed E-state index contributed by atoms with van der Waals surface area (Å²) in [6.45, 7) is 0. The normalized spacial score (nSPS) is 19.0. The van der Waals surface area contributed by atoms with Crippen LogP contribution in [-0.4, -0.2) is 11.8 Å². The number of primary amides is 1. The van der Waals surface area contributed by atoms with Gasteiger partial charge in [0.2, 0.25) is 5.91 Å². The third-order valence-electron chi connectivity index (χ3n) is 3.99. The number of nitrogens with one attached hydrogen (secondary N) is 1. The van der Waals surface area contributed by atoms with Gasteiger partial charge in [-0.25, -0.2) is 13.2 Å². The molecule has 2 aromatic carbocycles. The average molecular weight is 334 g/mol. The number of amides is 2. The second-order valence-electron chi connectivity index (χ2n) is 5.66. The average Bonchev–Trinajstić information content (AvgIpc) is 3.27. The molecule has 0 aromatic heterocycles. The molecular formula is C17H13F3N2O2. The van der Waals surface area contributed by atoms with Crippen LogP contribution < -0.4 is 11.1 Å². The summed E-state index contributed by atoms with van der Waals surface area (Å²) >= 11 is 0. The molecular weight excluding hydrogens is 321 g/mol. The number of halogens is 3. The van der Waals surface area contributed by atoms with Gasteiger partial charge in [-0.15, -0.1) is 0 Å². The SMILES string of the molecule is NC(=O)c1ccc(NC(=O)[C@H]2C[C@H]2c2ccc(F)cc2F)cc1F. The van der Waals surface area contributed by atoms with E-state index in [0.717, 1.165) is 18.2 Å². The number of hydrogen-bond acceptors (Lipinski definition) is 2. The first-order valence-electron chi connectivity index (χ1n) is 7.22. The minimum Gasteiger partial charge on any atom is -0.366 e. The lowest BCUT2D eigenvalue weighted by Crippen LogP contribution is -2.16. The lowest BCUT2D eigenvalue weighted by Gasteiger charge is -2.07. The molecule has 7 heteroatoms. The molecule has 0 heterocycles. The number of anilines is 1. The number of carbonyl (C=O) groups is 2. The molecule has 0 radical (unpaired) electrons. The van der Waals surface area contributed by atoms with Crippen molar-refractivity contribution in [3.63, 3.8) is 0 Å². The van der Waals surface area contributed by atoms with Gasteiger partial charge in [0.05, 0.1) is 5.56 Å². The van der Waals surface area contributed by atoms with Gasteiger partial charge in [0.1, 0.15) is 17.5 Å². The van der Waals surface area contributed by atoms with E-state index in [9.17, 15) is 22.8 Å². The molecule has 4 nitrogen and oxygen atoms in total. The molecule has 2 atom stereocenters. The first-order chi connectivity index (χ1) is 11.4. The highest BCUT2D eigenvalue weighted by Crippen LogP contribution is 2.48. The molecule has 0 aliphatic heterocycles. The zero-order chi connectivity index (χ0) is 17.4. The fourth-order valence-electron chi connectivity index (χ4n) is 2.66. The molecule has 1 aliphatic carbocycles. The van der Waals surface area contributed by atoms with Gasteiger partial charge in [0.25, 0.3) is 5.91 Å². The maximum Gasteiger partial charge on any atom is 0.251 e. The van der Waals surface area contributed by atoms with E-state index in [1.165, 1.54) is 18.2 Å². The van der Waals surface area contributed by atoms with Gasteiger partial charge < -0.3 is 11.1 Å². The summed E-state index contributed by atoms with van der Waals surface area (Å²) in [4.78, 5) is 23.1. The highest BCUT2D eigenvalue weighted by molar-refractivity contribution is 5.97. The van der Waals surface area contributed by atoms with Gasteiger partial charge in [-0.3, -0.25) is 9.59 Å². The van der Waals surface area contributed by atoms with Crippen molar-refractivity contribution in [1.82, 2.24) is 0 Å². The third-order valence-corrected chi connectivity index (χ3v) is 3.99. The lowest BCUT2D eigenvalue weighted by molar-refractivity contribution is -0.117. The van der Waals surface area contributed by atoms with Gasteiger partial charge in [0, 0.05) is 17.7 Å². The lowest BCUT2D eigenvalue weighted by atomic mass is 10.1. The smallest absolute Gasteiger partial charge is 0.251 e. The summed E-state index contributed by atoms with van der Waals surface area (Å²) in [5.41, 5.74) is 5.19. The van der Waals surface area contributed by atoms with Crippen molar-refractivity contribution in [2.45, 2.75) is 12.3 Å². The Morgan fingerprint density at radius 2 is 1.79 bits per heavy atom. The van der Waals surface area contributed by atoms with E-state index >= 15 is 0 Å². The molecule has 3 N–H and O–H groups in total. The van der Waals surface area contributed by atoms with Gasteiger partial charge in [0.15, 0.2) is 0 Å². The number of carbonyl (C=O) groups excluding carboxylic acids is 2. The summed E-state index contributed by atoms with van der Waals surface area (Å²) in [5, 5.41) is 2.51. The van der Waals surface area contributed by atoms with Crippen LogP contribution in [0.3, 0.4) is 0 Å². The highest BCUT2D eigenvalue weighted by atomic mass is 19.1. The highest BCUT2D eigenvalue weighted by Gasteiger charge is 2.45. The van der Waals surface area contributed by atoms with E-state index in [0.29, 0.717) is 6.42 Å². The maximum atomic E-state index is 13.7. The predicted octanol–water partition coefficient (Wildman–Crippen LogP) is 2.95. The molecule has 24 heavy (non-hydrogen) atoms. The van der Waals surface area contributed by atoms with E-state index in [1.54, 1.807) is 0 Å². The Morgan fingerprint density at radius 1 is 1.04 bits per heavy atom. The van der Waals surface area contributed by atoms with Crippen molar-refractivity contribution in [3.05, 3.63) is 65.0 Å². The molecule has 1 saturated carbocycles. The first-order valence-corrected chi connectivity index (χ1v) is 7.22. The van der Waals surface area contributed by atoms with E-state index in [1.807, 2.05) is 0 Å². The standard InChI is InChI=1S/C17H13F3N2O2/c18-8-1-3-10(14(19)5-8)12-7-13(12)17(24)22-9-2-4-11(16(21)23)15(20)6-9/h1-6,12-13H,7H2,(H2,21,23)(H,22,24)/t12-,13-/m0/s1. The number of nitrogens with two attached hydrogens (primary N) is 1. The number of benzene rings is 2. The van der Waals surface area contributed by atoms with Crippen LogP contribution in [0.1, 0.15) is 28.3 Å². The van der Waals surface area contributed by atoms with E-state index in [2.05, 4.69) is 5.32 Å². The summed E-state index contributed by atoms with van der Waals surface area (Å²) in [7, 11) is 0. The van der Waals surface area contributed by atoms with Gasteiger partial charge >= 0.3 is 0 Å². The summed E-state index contributed by atoms with van der Waals surface area (Å²) in [6, 6.07) is 6.77. The summed E-state index contributed by atoms with van der Waals surface area (Å²) < 4.78 is 40.3. The molecule has 0 unspecified atom stereocenters. The van der Waals surface area contributed by atoms with Crippen molar-refractivity contribution >= 4 is 17.5 Å². The van der Waals surface area contributed by atoms with E-state index in [-0.39, 0.29) is 22.7 Å². The van der Waals surface area contributed by atoms with Crippen LogP contribution in [0.5, 0.6) is 0 Å². The minimum atomic E-state index is -0.903. The van der Waals surface area contributed by atoms with Gasteiger partial charge in [-0.05, 0) is 42.2 Å². The van der Waals surface area contributed by atoms with Gasteiger partial charge in [-0.1, -0.05) is 6.07 Å². The van der Waals surface area contributed by atoms with Crippen LogP contribution in [-0.2, 0) is 4.79 Å². The fourth-order valence-corrected chi connectivity index (χ4v) is 2.66. The van der Waals surface area contributed by atoms with Crippen molar-refractivity contribution in [2.24, 2.45) is 11.7 Å². The van der Waals surface area contributed by atoms with Crippen LogP contribution >= 0.6 is 0 Å². The zero-order valence-electron chi connectivity index (χ0n) is 12.4. The minimum absolute atomic E-state index is 0.174. The van der Waals surface area contributed by atoms with Gasteiger partial charge in [-0.2, -0.15) is 0 Å². The quantitative estimate of drug-likeness (QED) is 0.902. The number of rotatable bonds is 4. The Balaban J connectivity index is 1.69. The third kappa shape index (κ3) is 3.10. The molecule has 1 fully saturated rings. The number of hydrogen-bond donors (Lipinski definition) is 2. The fraction of sp³-hybridized carbons (Fsp3) is 0.176. The molecule has 0 bridgehead atoms. The monoisotopic (exact) mass is 334 g/mol. The molecule has 2 amide bonds. The second-order valence-corrected chi connectivity index (χ2v) is 5.66.